The van der Waals surface area contributed by atoms with E-state index < -0.39 is 35.4 Å². The number of benzene rings is 1. The van der Waals surface area contributed by atoms with Gasteiger partial charge in [-0.3, -0.25) is 9.59 Å². The fourth-order valence-corrected chi connectivity index (χ4v) is 1.87. The van der Waals surface area contributed by atoms with Crippen LogP contribution in [0.15, 0.2) is 12.1 Å². The lowest BCUT2D eigenvalue weighted by Gasteiger charge is -2.17. The van der Waals surface area contributed by atoms with Crippen LogP contribution in [0.4, 0.5) is 13.2 Å². The van der Waals surface area contributed by atoms with Crippen molar-refractivity contribution in [3.05, 3.63) is 35.1 Å². The van der Waals surface area contributed by atoms with Gasteiger partial charge in [0.1, 0.15) is 5.82 Å². The number of carbonyl (C=O) groups excluding carboxylic acids is 2. The highest BCUT2D eigenvalue weighted by atomic mass is 19.2. The SMILES string of the molecule is CCOC(=O)C[C@@H](Cc1cc(F)c(F)cc1F)NC(C)=O. The van der Waals surface area contributed by atoms with Gasteiger partial charge in [-0.15, -0.1) is 0 Å². The molecule has 1 rings (SSSR count). The van der Waals surface area contributed by atoms with Crippen molar-refractivity contribution in [1.29, 1.82) is 0 Å². The lowest BCUT2D eigenvalue weighted by atomic mass is 10.0. The van der Waals surface area contributed by atoms with Crippen LogP contribution in [0.1, 0.15) is 25.8 Å². The van der Waals surface area contributed by atoms with Gasteiger partial charge in [-0.1, -0.05) is 0 Å². The summed E-state index contributed by atoms with van der Waals surface area (Å²) in [7, 11) is 0. The van der Waals surface area contributed by atoms with Crippen molar-refractivity contribution >= 4 is 11.9 Å². The fraction of sp³-hybridized carbons (Fsp3) is 0.429. The number of esters is 1. The van der Waals surface area contributed by atoms with E-state index >= 15 is 0 Å². The predicted octanol–water partition coefficient (Wildman–Crippen LogP) is 2.10. The molecule has 4 nitrogen and oxygen atoms in total. The summed E-state index contributed by atoms with van der Waals surface area (Å²) in [6, 6.07) is 0.380. The zero-order valence-electron chi connectivity index (χ0n) is 11.7. The number of amides is 1. The molecule has 0 unspecified atom stereocenters. The number of nitrogens with one attached hydrogen (secondary N) is 1. The van der Waals surface area contributed by atoms with E-state index in [4.69, 9.17) is 4.74 Å². The van der Waals surface area contributed by atoms with Crippen LogP contribution in [0.2, 0.25) is 0 Å². The van der Waals surface area contributed by atoms with Gasteiger partial charge in [-0.25, -0.2) is 13.2 Å². The van der Waals surface area contributed by atoms with E-state index in [2.05, 4.69) is 5.32 Å². The number of hydrogen-bond donors (Lipinski definition) is 1. The summed E-state index contributed by atoms with van der Waals surface area (Å²) in [5.74, 6) is -4.42. The Hall–Kier alpha value is -2.05. The number of ether oxygens (including phenoxy) is 1. The first kappa shape index (κ1) is 17.0. The Morgan fingerprint density at radius 2 is 1.81 bits per heavy atom. The minimum atomic E-state index is -1.29. The predicted molar refractivity (Wildman–Crippen MR) is 68.9 cm³/mol. The largest absolute Gasteiger partial charge is 0.466 e. The molecule has 0 spiro atoms. The maximum Gasteiger partial charge on any atom is 0.307 e. The van der Waals surface area contributed by atoms with Crippen molar-refractivity contribution in [2.75, 3.05) is 6.61 Å². The van der Waals surface area contributed by atoms with Crippen molar-refractivity contribution in [2.45, 2.75) is 32.7 Å². The van der Waals surface area contributed by atoms with E-state index in [1.54, 1.807) is 6.92 Å². The molecule has 0 saturated heterocycles. The van der Waals surface area contributed by atoms with Gasteiger partial charge in [0.15, 0.2) is 11.6 Å². The summed E-state index contributed by atoms with van der Waals surface area (Å²) in [6.07, 6.45) is -0.340. The molecule has 0 aliphatic carbocycles. The molecule has 1 aromatic rings. The first-order chi connectivity index (χ1) is 9.83. The third-order valence-corrected chi connectivity index (χ3v) is 2.68. The van der Waals surface area contributed by atoms with Crippen molar-refractivity contribution in [2.24, 2.45) is 0 Å². The smallest absolute Gasteiger partial charge is 0.307 e. The average Bonchev–Trinajstić information content (AvgIpc) is 2.35. The second-order valence-corrected chi connectivity index (χ2v) is 4.47. The Bertz CT molecular complexity index is 534. The lowest BCUT2D eigenvalue weighted by molar-refractivity contribution is -0.143. The fourth-order valence-electron chi connectivity index (χ4n) is 1.87. The molecule has 1 N–H and O–H groups in total. The Morgan fingerprint density at radius 3 is 2.38 bits per heavy atom. The van der Waals surface area contributed by atoms with Crippen molar-refractivity contribution in [3.63, 3.8) is 0 Å². The summed E-state index contributed by atoms with van der Waals surface area (Å²) in [4.78, 5) is 22.5. The normalized spacial score (nSPS) is 11.9. The average molecular weight is 303 g/mol. The minimum absolute atomic E-state index is 0.128. The highest BCUT2D eigenvalue weighted by molar-refractivity contribution is 5.75. The summed E-state index contributed by atoms with van der Waals surface area (Å²) in [6.45, 7) is 3.03. The molecular weight excluding hydrogens is 287 g/mol. The van der Waals surface area contributed by atoms with Gasteiger partial charge >= 0.3 is 5.97 Å². The Balaban J connectivity index is 2.87. The molecule has 0 heterocycles. The molecular formula is C14H16F3NO3. The third-order valence-electron chi connectivity index (χ3n) is 2.68. The van der Waals surface area contributed by atoms with Gasteiger partial charge in [0.25, 0.3) is 0 Å². The van der Waals surface area contributed by atoms with Crippen LogP contribution >= 0.6 is 0 Å². The molecule has 7 heteroatoms. The van der Waals surface area contributed by atoms with Crippen molar-refractivity contribution in [1.82, 2.24) is 5.32 Å². The molecule has 1 amide bonds. The zero-order valence-corrected chi connectivity index (χ0v) is 11.7. The molecule has 0 aromatic heterocycles. The highest BCUT2D eigenvalue weighted by Crippen LogP contribution is 2.16. The van der Waals surface area contributed by atoms with E-state index in [9.17, 15) is 22.8 Å². The summed E-state index contributed by atoms with van der Waals surface area (Å²) < 4.78 is 44.3. The summed E-state index contributed by atoms with van der Waals surface area (Å²) in [5, 5.41) is 2.46. The third kappa shape index (κ3) is 5.45. The Morgan fingerprint density at radius 1 is 1.19 bits per heavy atom. The molecule has 0 aliphatic rings. The Kier molecular flexibility index (Phi) is 6.20. The molecule has 0 fully saturated rings. The van der Waals surface area contributed by atoms with Crippen LogP contribution in [0.3, 0.4) is 0 Å². The molecule has 116 valence electrons. The van der Waals surface area contributed by atoms with Gasteiger partial charge in [0.05, 0.1) is 13.0 Å². The number of halogens is 3. The maximum atomic E-state index is 13.6. The van der Waals surface area contributed by atoms with E-state index in [1.807, 2.05) is 0 Å². The molecule has 0 radical (unpaired) electrons. The molecule has 0 bridgehead atoms. The quantitative estimate of drug-likeness (QED) is 0.647. The highest BCUT2D eigenvalue weighted by Gasteiger charge is 2.19. The van der Waals surface area contributed by atoms with Crippen LogP contribution in [0, 0.1) is 17.5 Å². The maximum absolute atomic E-state index is 13.6. The van der Waals surface area contributed by atoms with Crippen LogP contribution in [-0.2, 0) is 20.7 Å². The van der Waals surface area contributed by atoms with Gasteiger partial charge in [0, 0.05) is 19.0 Å². The van der Waals surface area contributed by atoms with Gasteiger partial charge in [-0.05, 0) is 25.0 Å². The van der Waals surface area contributed by atoms with E-state index in [0.29, 0.717) is 12.1 Å². The second-order valence-electron chi connectivity index (χ2n) is 4.47. The first-order valence-corrected chi connectivity index (χ1v) is 6.39. The number of rotatable bonds is 6. The summed E-state index contributed by atoms with van der Waals surface area (Å²) >= 11 is 0. The zero-order chi connectivity index (χ0) is 16.0. The van der Waals surface area contributed by atoms with Crippen molar-refractivity contribution in [3.8, 4) is 0 Å². The lowest BCUT2D eigenvalue weighted by Crippen LogP contribution is -2.37. The molecule has 21 heavy (non-hydrogen) atoms. The van der Waals surface area contributed by atoms with Crippen LogP contribution in [0.25, 0.3) is 0 Å². The van der Waals surface area contributed by atoms with Gasteiger partial charge < -0.3 is 10.1 Å². The van der Waals surface area contributed by atoms with E-state index in [1.165, 1.54) is 6.92 Å². The Labute approximate surface area is 120 Å². The molecule has 1 atom stereocenters. The second kappa shape index (κ2) is 7.66. The topological polar surface area (TPSA) is 55.4 Å². The number of hydrogen-bond acceptors (Lipinski definition) is 3. The molecule has 0 saturated carbocycles. The minimum Gasteiger partial charge on any atom is -0.466 e. The molecule has 0 aliphatic heterocycles. The standard InChI is InChI=1S/C14H16F3NO3/c1-3-21-14(20)6-10(18-8(2)19)4-9-5-12(16)13(17)7-11(9)15/h5,7,10H,3-4,6H2,1-2H3,(H,18,19)/t10-/m1/s1. The number of carbonyl (C=O) groups is 2. The van der Waals surface area contributed by atoms with Gasteiger partial charge in [0.2, 0.25) is 5.91 Å². The summed E-state index contributed by atoms with van der Waals surface area (Å²) in [5.41, 5.74) is -0.128. The van der Waals surface area contributed by atoms with Crippen LogP contribution in [0.5, 0.6) is 0 Å². The first-order valence-electron chi connectivity index (χ1n) is 6.39. The van der Waals surface area contributed by atoms with Crippen molar-refractivity contribution < 1.29 is 27.5 Å². The van der Waals surface area contributed by atoms with Crippen LogP contribution < -0.4 is 5.32 Å². The van der Waals surface area contributed by atoms with E-state index in [0.717, 1.165) is 0 Å². The van der Waals surface area contributed by atoms with E-state index in [-0.39, 0.29) is 25.0 Å². The van der Waals surface area contributed by atoms with Gasteiger partial charge in [-0.2, -0.15) is 0 Å². The van der Waals surface area contributed by atoms with Crippen LogP contribution in [-0.4, -0.2) is 24.5 Å². The monoisotopic (exact) mass is 303 g/mol. The molecule has 1 aromatic carbocycles.